The molecule has 0 heterocycles. The van der Waals surface area contributed by atoms with Gasteiger partial charge in [0, 0.05) is 0 Å². The third kappa shape index (κ3) is 33.6. The van der Waals surface area contributed by atoms with Crippen LogP contribution < -0.4 is 0 Å². The van der Waals surface area contributed by atoms with Gasteiger partial charge in [-0.2, -0.15) is 0 Å². The molecular formula is C8H19O4P. The number of allylic oxidation sites excluding steroid dienone is 1. The van der Waals surface area contributed by atoms with Gasteiger partial charge in [-0.1, -0.05) is 25.8 Å². The fraction of sp³-hybridized carbons (Fsp3) is 0.750. The molecule has 0 fully saturated rings. The smallest absolute Gasteiger partial charge is 0.303 e. The maximum absolute atomic E-state index is 8.88. The zero-order valence-electron chi connectivity index (χ0n) is 8.40. The monoisotopic (exact) mass is 210 g/mol. The molecule has 13 heavy (non-hydrogen) atoms. The summed E-state index contributed by atoms with van der Waals surface area (Å²) < 4.78 is 8.88. The van der Waals surface area contributed by atoms with Crippen LogP contribution in [0.15, 0.2) is 12.2 Å². The van der Waals surface area contributed by atoms with E-state index >= 15 is 0 Å². The van der Waals surface area contributed by atoms with Crippen LogP contribution in [-0.2, 0) is 4.57 Å². The van der Waals surface area contributed by atoms with Crippen LogP contribution in [0.2, 0.25) is 0 Å². The standard InChI is InChI=1S/C8H16.H3O4P/c1-5-8(4)6-7(2)3;1-5(2,3)4/h8H,2,5-6H2,1,3-4H3;(H3,1,2,3,4). The predicted octanol–water partition coefficient (Wildman–Crippen LogP) is 2.07. The molecule has 0 aliphatic carbocycles. The largest absolute Gasteiger partial charge is 0.466 e. The molecule has 0 bridgehead atoms. The molecule has 1 unspecified atom stereocenters. The molecule has 0 aromatic heterocycles. The van der Waals surface area contributed by atoms with Gasteiger partial charge in [-0.3, -0.25) is 0 Å². The topological polar surface area (TPSA) is 77.8 Å². The maximum Gasteiger partial charge on any atom is 0.466 e. The molecule has 0 aromatic carbocycles. The van der Waals surface area contributed by atoms with E-state index in [0.29, 0.717) is 0 Å². The summed E-state index contributed by atoms with van der Waals surface area (Å²) in [6.45, 7) is 10.4. The zero-order valence-corrected chi connectivity index (χ0v) is 9.29. The second kappa shape index (κ2) is 7.27. The Bertz CT molecular complexity index is 176. The van der Waals surface area contributed by atoms with E-state index < -0.39 is 7.82 Å². The highest BCUT2D eigenvalue weighted by atomic mass is 31.2. The Balaban J connectivity index is 0. The number of hydrogen-bond acceptors (Lipinski definition) is 1. The Morgan fingerprint density at radius 1 is 1.46 bits per heavy atom. The molecule has 0 aromatic rings. The first kappa shape index (κ1) is 15.3. The molecular weight excluding hydrogens is 191 g/mol. The van der Waals surface area contributed by atoms with Gasteiger partial charge in [0.2, 0.25) is 0 Å². The van der Waals surface area contributed by atoms with Gasteiger partial charge >= 0.3 is 7.82 Å². The van der Waals surface area contributed by atoms with E-state index in [1.807, 2.05) is 0 Å². The van der Waals surface area contributed by atoms with Gasteiger partial charge in [0.1, 0.15) is 0 Å². The van der Waals surface area contributed by atoms with Crippen LogP contribution in [0, 0.1) is 5.92 Å². The fourth-order valence-electron chi connectivity index (χ4n) is 0.739. The number of rotatable bonds is 3. The molecule has 3 N–H and O–H groups in total. The van der Waals surface area contributed by atoms with E-state index in [-0.39, 0.29) is 0 Å². The Hall–Kier alpha value is -0.150. The van der Waals surface area contributed by atoms with Gasteiger partial charge < -0.3 is 14.7 Å². The molecule has 5 heteroatoms. The van der Waals surface area contributed by atoms with Crippen molar-refractivity contribution in [1.29, 1.82) is 0 Å². The van der Waals surface area contributed by atoms with Crippen molar-refractivity contribution in [2.75, 3.05) is 0 Å². The van der Waals surface area contributed by atoms with E-state index in [1.165, 1.54) is 18.4 Å². The Morgan fingerprint density at radius 3 is 1.85 bits per heavy atom. The minimum Gasteiger partial charge on any atom is -0.303 e. The summed E-state index contributed by atoms with van der Waals surface area (Å²) in [7, 11) is -4.64. The normalized spacial score (nSPS) is 12.8. The lowest BCUT2D eigenvalue weighted by molar-refractivity contribution is 0.275. The van der Waals surface area contributed by atoms with Gasteiger partial charge in [0.15, 0.2) is 0 Å². The predicted molar refractivity (Wildman–Crippen MR) is 53.1 cm³/mol. The summed E-state index contributed by atoms with van der Waals surface area (Å²) in [4.78, 5) is 21.6. The molecule has 0 saturated carbocycles. The van der Waals surface area contributed by atoms with Crippen LogP contribution in [0.25, 0.3) is 0 Å². The highest BCUT2D eigenvalue weighted by Crippen LogP contribution is 2.25. The molecule has 4 nitrogen and oxygen atoms in total. The Kier molecular flexibility index (Phi) is 8.57. The molecule has 80 valence electrons. The third-order valence-electron chi connectivity index (χ3n) is 1.39. The first-order valence-electron chi connectivity index (χ1n) is 4.09. The highest BCUT2D eigenvalue weighted by Gasteiger charge is 2.00. The van der Waals surface area contributed by atoms with Crippen molar-refractivity contribution < 1.29 is 19.2 Å². The van der Waals surface area contributed by atoms with E-state index in [9.17, 15) is 0 Å². The van der Waals surface area contributed by atoms with E-state index in [4.69, 9.17) is 19.2 Å². The lowest BCUT2D eigenvalue weighted by atomic mass is 10.0. The van der Waals surface area contributed by atoms with Crippen molar-refractivity contribution in [2.24, 2.45) is 5.92 Å². The van der Waals surface area contributed by atoms with E-state index in [1.54, 1.807) is 0 Å². The summed E-state index contributed by atoms with van der Waals surface area (Å²) in [5.74, 6) is 0.826. The van der Waals surface area contributed by atoms with Crippen molar-refractivity contribution in [1.82, 2.24) is 0 Å². The maximum atomic E-state index is 8.88. The molecule has 1 atom stereocenters. The van der Waals surface area contributed by atoms with Crippen molar-refractivity contribution in [2.45, 2.75) is 33.6 Å². The van der Waals surface area contributed by atoms with Crippen molar-refractivity contribution in [3.63, 3.8) is 0 Å². The van der Waals surface area contributed by atoms with E-state index in [2.05, 4.69) is 27.4 Å². The lowest BCUT2D eigenvalue weighted by Gasteiger charge is -2.05. The minimum atomic E-state index is -4.64. The average Bonchev–Trinajstić information content (AvgIpc) is 1.82. The van der Waals surface area contributed by atoms with Crippen LogP contribution >= 0.6 is 7.82 Å². The van der Waals surface area contributed by atoms with E-state index in [0.717, 1.165) is 5.92 Å². The Labute approximate surface area is 79.5 Å². The van der Waals surface area contributed by atoms with Gasteiger partial charge in [-0.05, 0) is 19.3 Å². The molecule has 0 radical (unpaired) electrons. The van der Waals surface area contributed by atoms with Gasteiger partial charge in [-0.25, -0.2) is 4.57 Å². The van der Waals surface area contributed by atoms with Crippen molar-refractivity contribution in [3.05, 3.63) is 12.2 Å². The van der Waals surface area contributed by atoms with Crippen molar-refractivity contribution >= 4 is 7.82 Å². The minimum absolute atomic E-state index is 0.826. The summed E-state index contributed by atoms with van der Waals surface area (Å²) in [6, 6.07) is 0. The summed E-state index contributed by atoms with van der Waals surface area (Å²) >= 11 is 0. The molecule has 0 saturated heterocycles. The zero-order chi connectivity index (χ0) is 11.1. The quantitative estimate of drug-likeness (QED) is 0.492. The average molecular weight is 210 g/mol. The summed E-state index contributed by atoms with van der Waals surface area (Å²) in [6.07, 6.45) is 2.46. The number of hydrogen-bond donors (Lipinski definition) is 3. The van der Waals surface area contributed by atoms with Gasteiger partial charge in [0.05, 0.1) is 0 Å². The third-order valence-corrected chi connectivity index (χ3v) is 1.39. The van der Waals surface area contributed by atoms with Crippen LogP contribution in [0.3, 0.4) is 0 Å². The van der Waals surface area contributed by atoms with Crippen LogP contribution in [-0.4, -0.2) is 14.7 Å². The molecule has 0 aliphatic rings. The molecule has 0 aliphatic heterocycles. The van der Waals surface area contributed by atoms with Gasteiger partial charge in [-0.15, -0.1) is 6.58 Å². The molecule has 0 spiro atoms. The fourth-order valence-corrected chi connectivity index (χ4v) is 0.739. The second-order valence-corrected chi connectivity index (χ2v) is 4.21. The number of phosphoric acid groups is 1. The lowest BCUT2D eigenvalue weighted by Crippen LogP contribution is -1.90. The van der Waals surface area contributed by atoms with Crippen molar-refractivity contribution in [3.8, 4) is 0 Å². The van der Waals surface area contributed by atoms with Crippen LogP contribution in [0.5, 0.6) is 0 Å². The SMILES string of the molecule is C=C(C)CC(C)CC.O=P(O)(O)O. The first-order valence-corrected chi connectivity index (χ1v) is 5.66. The summed E-state index contributed by atoms with van der Waals surface area (Å²) in [5.41, 5.74) is 1.30. The highest BCUT2D eigenvalue weighted by molar-refractivity contribution is 7.45. The second-order valence-electron chi connectivity index (χ2n) is 3.19. The first-order chi connectivity index (χ1) is 5.66. The summed E-state index contributed by atoms with van der Waals surface area (Å²) in [5, 5.41) is 0. The van der Waals surface area contributed by atoms with Gasteiger partial charge in [0.25, 0.3) is 0 Å². The Morgan fingerprint density at radius 2 is 1.77 bits per heavy atom. The van der Waals surface area contributed by atoms with Crippen LogP contribution in [0.4, 0.5) is 0 Å². The molecule has 0 rings (SSSR count). The molecule has 0 amide bonds. The van der Waals surface area contributed by atoms with Crippen LogP contribution in [0.1, 0.15) is 33.6 Å².